The van der Waals surface area contributed by atoms with Gasteiger partial charge in [0.15, 0.2) is 6.10 Å². The van der Waals surface area contributed by atoms with E-state index in [0.717, 1.165) is 0 Å². The average Bonchev–Trinajstić information content (AvgIpc) is 2.78. The Bertz CT molecular complexity index is 1330. The number of halogens is 2. The van der Waals surface area contributed by atoms with Crippen molar-refractivity contribution in [2.45, 2.75) is 13.0 Å². The third-order valence-electron chi connectivity index (χ3n) is 4.45. The van der Waals surface area contributed by atoms with E-state index in [1.807, 2.05) is 0 Å². The van der Waals surface area contributed by atoms with Gasteiger partial charge in [0, 0.05) is 11.1 Å². The Morgan fingerprint density at radius 2 is 1.66 bits per heavy atom. The topological polar surface area (TPSA) is 75.0 Å². The molecule has 8 heteroatoms. The monoisotopic (exact) mass is 470 g/mol. The van der Waals surface area contributed by atoms with E-state index in [-0.39, 0.29) is 27.9 Å². The number of carbonyl (C=O) groups is 1. The molecule has 0 aliphatic carbocycles. The smallest absolute Gasteiger partial charge is 0.352 e. The van der Waals surface area contributed by atoms with Crippen LogP contribution in [0.2, 0.25) is 10.0 Å². The summed E-state index contributed by atoms with van der Waals surface area (Å²) in [6, 6.07) is 17.8. The Labute approximate surface area is 192 Å². The minimum absolute atomic E-state index is 0.0136. The van der Waals surface area contributed by atoms with Crippen LogP contribution in [0.4, 0.5) is 0 Å². The maximum absolute atomic E-state index is 12.7. The van der Waals surface area contributed by atoms with Crippen molar-refractivity contribution in [2.24, 2.45) is 0 Å². The third-order valence-corrected chi connectivity index (χ3v) is 5.01. The molecule has 0 amide bonds. The molecule has 0 fully saturated rings. The highest BCUT2D eigenvalue weighted by Gasteiger charge is 2.18. The second kappa shape index (κ2) is 9.34. The molecular formula is C24H16Cl2O6. The predicted molar refractivity (Wildman–Crippen MR) is 121 cm³/mol. The van der Waals surface area contributed by atoms with Crippen LogP contribution in [0.25, 0.3) is 11.0 Å². The lowest BCUT2D eigenvalue weighted by atomic mass is 10.2. The lowest BCUT2D eigenvalue weighted by Crippen LogP contribution is -2.28. The van der Waals surface area contributed by atoms with Gasteiger partial charge in [-0.3, -0.25) is 4.79 Å². The van der Waals surface area contributed by atoms with Crippen LogP contribution in [0.3, 0.4) is 0 Å². The molecule has 1 atom stereocenters. The van der Waals surface area contributed by atoms with Crippen LogP contribution in [0.5, 0.6) is 23.0 Å². The van der Waals surface area contributed by atoms with Crippen molar-refractivity contribution in [3.63, 3.8) is 0 Å². The molecule has 0 aliphatic rings. The molecule has 32 heavy (non-hydrogen) atoms. The zero-order valence-corrected chi connectivity index (χ0v) is 18.2. The zero-order chi connectivity index (χ0) is 22.7. The zero-order valence-electron chi connectivity index (χ0n) is 16.7. The Morgan fingerprint density at radius 1 is 0.938 bits per heavy atom. The van der Waals surface area contributed by atoms with Crippen molar-refractivity contribution in [3.05, 3.63) is 93.3 Å². The maximum Gasteiger partial charge on any atom is 0.352 e. The number of hydrogen-bond acceptors (Lipinski definition) is 6. The summed E-state index contributed by atoms with van der Waals surface area (Å²) in [6.45, 7) is 1.57. The molecule has 1 aromatic heterocycles. The molecule has 4 rings (SSSR count). The van der Waals surface area contributed by atoms with Crippen LogP contribution in [0.15, 0.2) is 82.2 Å². The summed E-state index contributed by atoms with van der Waals surface area (Å²) in [5, 5.41) is 1.19. The lowest BCUT2D eigenvalue weighted by Gasteiger charge is -2.14. The first-order chi connectivity index (χ1) is 15.4. The first kappa shape index (κ1) is 21.7. The summed E-state index contributed by atoms with van der Waals surface area (Å²) in [6.07, 6.45) is 0.316. The largest absolute Gasteiger partial charge is 0.479 e. The molecule has 0 N–H and O–H groups in total. The number of ether oxygens (including phenoxy) is 3. The number of benzene rings is 3. The van der Waals surface area contributed by atoms with Gasteiger partial charge in [0.05, 0.1) is 10.4 Å². The number of hydrogen-bond donors (Lipinski definition) is 0. The van der Waals surface area contributed by atoms with Gasteiger partial charge >= 0.3 is 5.97 Å². The van der Waals surface area contributed by atoms with Gasteiger partial charge < -0.3 is 18.6 Å². The van der Waals surface area contributed by atoms with Gasteiger partial charge in [-0.15, -0.1) is 0 Å². The fourth-order valence-corrected chi connectivity index (χ4v) is 3.14. The van der Waals surface area contributed by atoms with Gasteiger partial charge in [-0.1, -0.05) is 35.3 Å². The molecule has 0 saturated heterocycles. The first-order valence-electron chi connectivity index (χ1n) is 9.52. The number of carbonyl (C=O) groups excluding carboxylic acids is 1. The van der Waals surface area contributed by atoms with Gasteiger partial charge in [-0.2, -0.15) is 0 Å². The molecule has 1 heterocycles. The SMILES string of the molecule is CC(Oc1ccc(Cl)cc1)C(=O)Oc1ccc2c(=O)c(Oc3ccccc3Cl)coc2c1. The highest BCUT2D eigenvalue weighted by Crippen LogP contribution is 2.29. The average molecular weight is 471 g/mol. The molecule has 162 valence electrons. The van der Waals surface area contributed by atoms with Crippen molar-refractivity contribution in [1.82, 2.24) is 0 Å². The number of para-hydroxylation sites is 1. The lowest BCUT2D eigenvalue weighted by molar-refractivity contribution is -0.141. The summed E-state index contributed by atoms with van der Waals surface area (Å²) >= 11 is 11.9. The predicted octanol–water partition coefficient (Wildman–Crippen LogP) is 6.27. The molecule has 4 aromatic rings. The Hall–Kier alpha value is -3.48. The molecule has 0 aliphatic heterocycles. The second-order valence-corrected chi connectivity index (χ2v) is 7.60. The first-order valence-corrected chi connectivity index (χ1v) is 10.3. The summed E-state index contributed by atoms with van der Waals surface area (Å²) in [5.41, 5.74) is -0.151. The number of esters is 1. The molecule has 0 radical (unpaired) electrons. The van der Waals surface area contributed by atoms with E-state index >= 15 is 0 Å². The Balaban J connectivity index is 1.49. The van der Waals surface area contributed by atoms with Crippen molar-refractivity contribution >= 4 is 40.1 Å². The number of rotatable bonds is 6. The van der Waals surface area contributed by atoms with E-state index in [9.17, 15) is 9.59 Å². The number of fused-ring (bicyclic) bond motifs is 1. The quantitative estimate of drug-likeness (QED) is 0.244. The minimum Gasteiger partial charge on any atom is -0.479 e. The van der Waals surface area contributed by atoms with Crippen LogP contribution >= 0.6 is 23.2 Å². The molecular weight excluding hydrogens is 455 g/mol. The maximum atomic E-state index is 12.7. The van der Waals surface area contributed by atoms with Gasteiger partial charge in [0.25, 0.3) is 0 Å². The van der Waals surface area contributed by atoms with Crippen LogP contribution in [0, 0.1) is 0 Å². The Kier molecular flexibility index (Phi) is 6.35. The normalized spacial score (nSPS) is 11.7. The van der Waals surface area contributed by atoms with Crippen LogP contribution in [-0.4, -0.2) is 12.1 Å². The molecule has 1 unspecified atom stereocenters. The molecule has 0 spiro atoms. The molecule has 0 bridgehead atoms. The van der Waals surface area contributed by atoms with E-state index < -0.39 is 12.1 Å². The van der Waals surface area contributed by atoms with Crippen molar-refractivity contribution in [3.8, 4) is 23.0 Å². The molecule has 0 saturated carbocycles. The second-order valence-electron chi connectivity index (χ2n) is 6.75. The van der Waals surface area contributed by atoms with E-state index in [1.165, 1.54) is 24.5 Å². The fourth-order valence-electron chi connectivity index (χ4n) is 2.84. The van der Waals surface area contributed by atoms with Gasteiger partial charge in [-0.25, -0.2) is 4.79 Å². The summed E-state index contributed by atoms with van der Waals surface area (Å²) in [7, 11) is 0. The fraction of sp³-hybridized carbons (Fsp3) is 0.0833. The highest BCUT2D eigenvalue weighted by molar-refractivity contribution is 6.32. The third kappa shape index (κ3) is 4.88. The van der Waals surface area contributed by atoms with Crippen LogP contribution < -0.4 is 19.6 Å². The van der Waals surface area contributed by atoms with Crippen LogP contribution in [0.1, 0.15) is 6.92 Å². The molecule has 3 aromatic carbocycles. The summed E-state index contributed by atoms with van der Waals surface area (Å²) in [4.78, 5) is 25.1. The highest BCUT2D eigenvalue weighted by atomic mass is 35.5. The van der Waals surface area contributed by atoms with Crippen molar-refractivity contribution in [2.75, 3.05) is 0 Å². The van der Waals surface area contributed by atoms with E-state index in [0.29, 0.717) is 21.5 Å². The van der Waals surface area contributed by atoms with E-state index in [1.54, 1.807) is 55.5 Å². The minimum atomic E-state index is -0.870. The van der Waals surface area contributed by atoms with E-state index in [2.05, 4.69) is 0 Å². The summed E-state index contributed by atoms with van der Waals surface area (Å²) < 4.78 is 22.0. The van der Waals surface area contributed by atoms with Gasteiger partial charge in [-0.05, 0) is 55.5 Å². The molecule has 6 nitrogen and oxygen atoms in total. The van der Waals surface area contributed by atoms with Crippen LogP contribution in [-0.2, 0) is 4.79 Å². The van der Waals surface area contributed by atoms with Gasteiger partial charge in [0.2, 0.25) is 11.2 Å². The van der Waals surface area contributed by atoms with Crippen molar-refractivity contribution < 1.29 is 23.4 Å². The van der Waals surface area contributed by atoms with Crippen molar-refractivity contribution in [1.29, 1.82) is 0 Å². The standard InChI is InChI=1S/C24H16Cl2O6/c1-14(30-16-8-6-15(25)7-9-16)24(28)31-17-10-11-18-21(12-17)29-13-22(23(18)27)32-20-5-3-2-4-19(20)26/h2-14H,1H3. The Morgan fingerprint density at radius 3 is 2.41 bits per heavy atom. The van der Waals surface area contributed by atoms with E-state index in [4.69, 9.17) is 41.8 Å². The van der Waals surface area contributed by atoms with Gasteiger partial charge in [0.1, 0.15) is 29.1 Å². The summed E-state index contributed by atoms with van der Waals surface area (Å²) in [5.74, 6) is 0.396.